The molecule has 25 heavy (non-hydrogen) atoms. The van der Waals surface area contributed by atoms with Crippen LogP contribution in [-0.4, -0.2) is 24.4 Å². The second-order valence-electron chi connectivity index (χ2n) is 6.19. The van der Waals surface area contributed by atoms with E-state index in [4.69, 9.17) is 4.74 Å². The van der Waals surface area contributed by atoms with E-state index in [0.717, 1.165) is 49.4 Å². The van der Waals surface area contributed by atoms with E-state index in [-0.39, 0.29) is 0 Å². The SMILES string of the molecule is Cc1cc(Oc2cc(Br)cc(I)c2)c(C)cc1/N=C/NN1CCCC1. The maximum atomic E-state index is 6.08. The number of aliphatic imine (C=N–C) groups is 1. The van der Waals surface area contributed by atoms with E-state index in [1.54, 1.807) is 6.34 Å². The molecule has 6 heteroatoms. The third kappa shape index (κ3) is 5.18. The van der Waals surface area contributed by atoms with Crippen LogP contribution in [0, 0.1) is 17.4 Å². The predicted molar refractivity (Wildman–Crippen MR) is 115 cm³/mol. The Morgan fingerprint density at radius 2 is 1.88 bits per heavy atom. The Hall–Kier alpha value is -1.12. The highest BCUT2D eigenvalue weighted by molar-refractivity contribution is 14.1. The average molecular weight is 514 g/mol. The van der Waals surface area contributed by atoms with Gasteiger partial charge >= 0.3 is 0 Å². The van der Waals surface area contributed by atoms with Gasteiger partial charge in [-0.1, -0.05) is 15.9 Å². The van der Waals surface area contributed by atoms with Gasteiger partial charge in [0.15, 0.2) is 0 Å². The quantitative estimate of drug-likeness (QED) is 0.315. The van der Waals surface area contributed by atoms with Crippen molar-refractivity contribution in [3.8, 4) is 11.5 Å². The molecule has 2 aromatic rings. The summed E-state index contributed by atoms with van der Waals surface area (Å²) in [4.78, 5) is 4.56. The molecule has 1 aliphatic rings. The summed E-state index contributed by atoms with van der Waals surface area (Å²) in [5.41, 5.74) is 6.36. The molecule has 1 heterocycles. The zero-order valence-corrected chi connectivity index (χ0v) is 18.1. The summed E-state index contributed by atoms with van der Waals surface area (Å²) in [7, 11) is 0. The molecule has 0 aromatic heterocycles. The Balaban J connectivity index is 1.73. The predicted octanol–water partition coefficient (Wildman–Crippen LogP) is 5.72. The van der Waals surface area contributed by atoms with Gasteiger partial charge in [-0.15, -0.1) is 0 Å². The maximum absolute atomic E-state index is 6.08. The zero-order valence-electron chi connectivity index (χ0n) is 14.4. The second-order valence-corrected chi connectivity index (χ2v) is 8.35. The van der Waals surface area contributed by atoms with Crippen LogP contribution >= 0.6 is 38.5 Å². The molecular formula is C19H21BrIN3O. The Bertz CT molecular complexity index is 768. The Kier molecular flexibility index (Phi) is 6.35. The van der Waals surface area contributed by atoms with Gasteiger partial charge in [-0.3, -0.25) is 0 Å². The van der Waals surface area contributed by atoms with E-state index in [2.05, 4.69) is 73.0 Å². The second kappa shape index (κ2) is 8.51. The number of benzene rings is 2. The van der Waals surface area contributed by atoms with Crippen LogP contribution in [0.4, 0.5) is 5.69 Å². The van der Waals surface area contributed by atoms with Crippen LogP contribution in [0.2, 0.25) is 0 Å². The van der Waals surface area contributed by atoms with Crippen LogP contribution in [0.3, 0.4) is 0 Å². The van der Waals surface area contributed by atoms with Crippen molar-refractivity contribution < 1.29 is 4.74 Å². The highest BCUT2D eigenvalue weighted by atomic mass is 127. The number of ether oxygens (including phenoxy) is 1. The molecule has 0 unspecified atom stereocenters. The van der Waals surface area contributed by atoms with Crippen LogP contribution in [0.15, 0.2) is 39.8 Å². The molecule has 0 radical (unpaired) electrons. The lowest BCUT2D eigenvalue weighted by Crippen LogP contribution is -2.33. The van der Waals surface area contributed by atoms with E-state index in [0.29, 0.717) is 0 Å². The minimum atomic E-state index is 0.827. The molecule has 2 aromatic carbocycles. The molecule has 1 N–H and O–H groups in total. The van der Waals surface area contributed by atoms with Crippen LogP contribution in [-0.2, 0) is 0 Å². The number of hydrogen-bond donors (Lipinski definition) is 1. The van der Waals surface area contributed by atoms with E-state index in [9.17, 15) is 0 Å². The Morgan fingerprint density at radius 1 is 1.12 bits per heavy atom. The number of hydrazine groups is 1. The first kappa shape index (κ1) is 18.7. The fourth-order valence-corrected chi connectivity index (χ4v) is 4.31. The van der Waals surface area contributed by atoms with E-state index < -0.39 is 0 Å². The summed E-state index contributed by atoms with van der Waals surface area (Å²) in [5.74, 6) is 1.69. The highest BCUT2D eigenvalue weighted by Crippen LogP contribution is 2.33. The highest BCUT2D eigenvalue weighted by Gasteiger charge is 2.10. The number of nitrogens with one attached hydrogen (secondary N) is 1. The van der Waals surface area contributed by atoms with Gasteiger partial charge in [0.25, 0.3) is 0 Å². The normalized spacial score (nSPS) is 15.0. The molecule has 0 bridgehead atoms. The zero-order chi connectivity index (χ0) is 17.8. The van der Waals surface area contributed by atoms with Crippen molar-refractivity contribution in [1.82, 2.24) is 10.4 Å². The largest absolute Gasteiger partial charge is 0.457 e. The number of halogens is 2. The van der Waals surface area contributed by atoms with Crippen molar-refractivity contribution in [2.45, 2.75) is 26.7 Å². The molecule has 1 aliphatic heterocycles. The lowest BCUT2D eigenvalue weighted by Gasteiger charge is -2.14. The van der Waals surface area contributed by atoms with Gasteiger partial charge in [-0.25, -0.2) is 10.0 Å². The van der Waals surface area contributed by atoms with Crippen molar-refractivity contribution >= 4 is 50.5 Å². The Labute approximate surface area is 170 Å². The van der Waals surface area contributed by atoms with Crippen LogP contribution < -0.4 is 10.2 Å². The maximum Gasteiger partial charge on any atom is 0.130 e. The molecule has 0 atom stereocenters. The summed E-state index contributed by atoms with van der Waals surface area (Å²) in [6, 6.07) is 10.2. The molecule has 4 nitrogen and oxygen atoms in total. The molecule has 1 fully saturated rings. The van der Waals surface area contributed by atoms with Crippen molar-refractivity contribution in [2.24, 2.45) is 4.99 Å². The summed E-state index contributed by atoms with van der Waals surface area (Å²) >= 11 is 5.80. The van der Waals surface area contributed by atoms with Crippen LogP contribution in [0.5, 0.6) is 11.5 Å². The number of aryl methyl sites for hydroxylation is 2. The molecule has 3 rings (SSSR count). The van der Waals surface area contributed by atoms with Gasteiger partial charge in [0.05, 0.1) is 5.69 Å². The van der Waals surface area contributed by atoms with Gasteiger partial charge in [0, 0.05) is 21.1 Å². The van der Waals surface area contributed by atoms with Crippen molar-refractivity contribution in [2.75, 3.05) is 13.1 Å². The van der Waals surface area contributed by atoms with Crippen molar-refractivity contribution in [1.29, 1.82) is 0 Å². The van der Waals surface area contributed by atoms with Crippen LogP contribution in [0.1, 0.15) is 24.0 Å². The monoisotopic (exact) mass is 513 g/mol. The summed E-state index contributed by atoms with van der Waals surface area (Å²) in [6.45, 7) is 6.27. The molecule has 1 saturated heterocycles. The van der Waals surface area contributed by atoms with Gasteiger partial charge in [0.1, 0.15) is 17.8 Å². The number of nitrogens with zero attached hydrogens (tertiary/aromatic N) is 2. The fraction of sp³-hybridized carbons (Fsp3) is 0.316. The van der Waals surface area contributed by atoms with E-state index in [1.807, 2.05) is 25.1 Å². The average Bonchev–Trinajstić information content (AvgIpc) is 3.04. The molecule has 0 aliphatic carbocycles. The Morgan fingerprint density at radius 3 is 2.60 bits per heavy atom. The van der Waals surface area contributed by atoms with Gasteiger partial charge in [0.2, 0.25) is 0 Å². The van der Waals surface area contributed by atoms with Crippen molar-refractivity contribution in [3.63, 3.8) is 0 Å². The summed E-state index contributed by atoms with van der Waals surface area (Å²) < 4.78 is 8.22. The topological polar surface area (TPSA) is 36.9 Å². The van der Waals surface area contributed by atoms with Gasteiger partial charge in [-0.2, -0.15) is 0 Å². The molecule has 0 amide bonds. The number of hydrogen-bond acceptors (Lipinski definition) is 3. The van der Waals surface area contributed by atoms with Crippen molar-refractivity contribution in [3.05, 3.63) is 49.5 Å². The minimum Gasteiger partial charge on any atom is -0.457 e. The lowest BCUT2D eigenvalue weighted by molar-refractivity contribution is 0.300. The first-order valence-corrected chi connectivity index (χ1v) is 10.2. The third-order valence-electron chi connectivity index (χ3n) is 4.11. The first-order valence-electron chi connectivity index (χ1n) is 8.30. The number of rotatable bonds is 5. The molecule has 132 valence electrons. The molecular weight excluding hydrogens is 493 g/mol. The van der Waals surface area contributed by atoms with Gasteiger partial charge < -0.3 is 10.2 Å². The fourth-order valence-electron chi connectivity index (χ4n) is 2.76. The molecule has 0 spiro atoms. The first-order chi connectivity index (χ1) is 12.0. The van der Waals surface area contributed by atoms with Crippen LogP contribution in [0.25, 0.3) is 0 Å². The third-order valence-corrected chi connectivity index (χ3v) is 5.19. The standard InChI is InChI=1S/C19H21BrIN3O/c1-13-8-19(25-17-10-15(20)9-16(21)11-17)14(2)7-18(13)22-12-23-24-5-3-4-6-24/h7-12H,3-6H2,1-2H3,(H,22,23). The summed E-state index contributed by atoms with van der Waals surface area (Å²) in [5, 5.41) is 2.19. The molecule has 0 saturated carbocycles. The van der Waals surface area contributed by atoms with E-state index in [1.165, 1.54) is 12.8 Å². The van der Waals surface area contributed by atoms with E-state index >= 15 is 0 Å². The summed E-state index contributed by atoms with van der Waals surface area (Å²) in [6.07, 6.45) is 4.28. The smallest absolute Gasteiger partial charge is 0.130 e. The van der Waals surface area contributed by atoms with Gasteiger partial charge in [-0.05, 0) is 90.7 Å². The lowest BCUT2D eigenvalue weighted by atomic mass is 10.1. The minimum absolute atomic E-state index is 0.827.